The van der Waals surface area contributed by atoms with Crippen LogP contribution in [0.25, 0.3) is 11.5 Å². The van der Waals surface area contributed by atoms with E-state index in [9.17, 15) is 4.79 Å². The van der Waals surface area contributed by atoms with Gasteiger partial charge in [0.15, 0.2) is 11.5 Å². The van der Waals surface area contributed by atoms with Gasteiger partial charge >= 0.3 is 0 Å². The van der Waals surface area contributed by atoms with Crippen molar-refractivity contribution < 1.29 is 9.21 Å². The Morgan fingerprint density at radius 3 is 2.76 bits per heavy atom. The number of carbonyl (C=O) groups is 1. The van der Waals surface area contributed by atoms with E-state index in [1.807, 2.05) is 30.5 Å². The molecule has 3 aromatic rings. The molecule has 0 fully saturated rings. The molecule has 0 radical (unpaired) electrons. The second kappa shape index (κ2) is 5.88. The molecular formula is C15H13N3O2S. The Morgan fingerprint density at radius 1 is 1.29 bits per heavy atom. The highest BCUT2D eigenvalue weighted by atomic mass is 32.2. The third kappa shape index (κ3) is 3.00. The van der Waals surface area contributed by atoms with E-state index >= 15 is 0 Å². The zero-order valence-corrected chi connectivity index (χ0v) is 12.1. The number of nitrogens with zero attached hydrogens (tertiary/aromatic N) is 1. The molecule has 2 heterocycles. The largest absolute Gasteiger partial charge is 0.463 e. The van der Waals surface area contributed by atoms with Crippen molar-refractivity contribution in [3.8, 4) is 11.5 Å². The van der Waals surface area contributed by atoms with Gasteiger partial charge < -0.3 is 9.73 Å². The van der Waals surface area contributed by atoms with Crippen LogP contribution < -0.4 is 5.32 Å². The Hall–Kier alpha value is -2.47. The van der Waals surface area contributed by atoms with Gasteiger partial charge in [-0.2, -0.15) is 5.10 Å². The first-order valence-electron chi connectivity index (χ1n) is 6.31. The van der Waals surface area contributed by atoms with Crippen molar-refractivity contribution in [3.63, 3.8) is 0 Å². The number of benzene rings is 1. The van der Waals surface area contributed by atoms with Crippen molar-refractivity contribution in [3.05, 3.63) is 54.4 Å². The molecule has 0 unspecified atom stereocenters. The number of aromatic nitrogens is 2. The second-order valence-corrected chi connectivity index (χ2v) is 5.21. The van der Waals surface area contributed by atoms with Gasteiger partial charge in [0, 0.05) is 16.6 Å². The van der Waals surface area contributed by atoms with Crippen LogP contribution in [0.15, 0.2) is 58.0 Å². The highest BCUT2D eigenvalue weighted by Crippen LogP contribution is 2.20. The summed E-state index contributed by atoms with van der Waals surface area (Å²) >= 11 is 1.65. The minimum Gasteiger partial charge on any atom is -0.463 e. The molecule has 0 spiro atoms. The molecule has 3 rings (SSSR count). The maximum atomic E-state index is 12.1. The Morgan fingerprint density at radius 2 is 2.10 bits per heavy atom. The van der Waals surface area contributed by atoms with Crippen molar-refractivity contribution in [2.75, 3.05) is 11.6 Å². The quantitative estimate of drug-likeness (QED) is 0.721. The number of H-pyrrole nitrogens is 1. The van der Waals surface area contributed by atoms with Gasteiger partial charge in [-0.25, -0.2) is 0 Å². The third-order valence-corrected chi connectivity index (χ3v) is 3.69. The number of thioether (sulfide) groups is 1. The molecule has 0 aliphatic rings. The smallest absolute Gasteiger partial charge is 0.276 e. The maximum absolute atomic E-state index is 12.1. The molecule has 6 heteroatoms. The zero-order valence-electron chi connectivity index (χ0n) is 11.3. The van der Waals surface area contributed by atoms with Gasteiger partial charge in [0.2, 0.25) is 0 Å². The fourth-order valence-electron chi connectivity index (χ4n) is 1.87. The summed E-state index contributed by atoms with van der Waals surface area (Å²) in [5, 5.41) is 9.59. The molecule has 0 saturated carbocycles. The summed E-state index contributed by atoms with van der Waals surface area (Å²) in [6, 6.07) is 12.9. The molecule has 0 saturated heterocycles. The van der Waals surface area contributed by atoms with E-state index in [1.165, 1.54) is 0 Å². The SMILES string of the molecule is CSc1ccc(NC(=O)c2cc(-c3ccco3)[nH]n2)cc1. The van der Waals surface area contributed by atoms with Gasteiger partial charge in [0.25, 0.3) is 5.91 Å². The molecule has 0 bridgehead atoms. The van der Waals surface area contributed by atoms with Gasteiger partial charge in [-0.05, 0) is 42.7 Å². The third-order valence-electron chi connectivity index (χ3n) is 2.95. The fraction of sp³-hybridized carbons (Fsp3) is 0.0667. The molecular weight excluding hydrogens is 286 g/mol. The molecule has 1 aromatic carbocycles. The predicted molar refractivity (Wildman–Crippen MR) is 82.5 cm³/mol. The van der Waals surface area contributed by atoms with Crippen LogP contribution in [0.1, 0.15) is 10.5 Å². The highest BCUT2D eigenvalue weighted by Gasteiger charge is 2.12. The summed E-state index contributed by atoms with van der Waals surface area (Å²) in [6.07, 6.45) is 3.58. The van der Waals surface area contributed by atoms with Crippen LogP contribution >= 0.6 is 11.8 Å². The van der Waals surface area contributed by atoms with Crippen LogP contribution in [0.3, 0.4) is 0 Å². The van der Waals surface area contributed by atoms with E-state index in [0.29, 0.717) is 17.1 Å². The highest BCUT2D eigenvalue weighted by molar-refractivity contribution is 7.98. The van der Waals surface area contributed by atoms with Gasteiger partial charge in [-0.1, -0.05) is 0 Å². The van der Waals surface area contributed by atoms with Gasteiger partial charge in [-0.3, -0.25) is 9.89 Å². The number of anilines is 1. The van der Waals surface area contributed by atoms with Gasteiger partial charge in [0.1, 0.15) is 5.69 Å². The summed E-state index contributed by atoms with van der Waals surface area (Å²) in [5.41, 5.74) is 1.72. The van der Waals surface area contributed by atoms with Crippen LogP contribution in [0.4, 0.5) is 5.69 Å². The Bertz CT molecular complexity index is 733. The van der Waals surface area contributed by atoms with E-state index in [1.54, 1.807) is 36.2 Å². The number of hydrogen-bond donors (Lipinski definition) is 2. The van der Waals surface area contributed by atoms with Crippen molar-refractivity contribution >= 4 is 23.4 Å². The van der Waals surface area contributed by atoms with Crippen LogP contribution in [-0.4, -0.2) is 22.4 Å². The number of carbonyl (C=O) groups excluding carboxylic acids is 1. The summed E-state index contributed by atoms with van der Waals surface area (Å²) in [6.45, 7) is 0. The van der Waals surface area contributed by atoms with E-state index in [2.05, 4.69) is 15.5 Å². The number of rotatable bonds is 4. The average Bonchev–Trinajstić information content (AvgIpc) is 3.19. The minimum atomic E-state index is -0.263. The molecule has 2 aromatic heterocycles. The average molecular weight is 299 g/mol. The van der Waals surface area contributed by atoms with Crippen molar-refractivity contribution in [1.82, 2.24) is 10.2 Å². The first kappa shape index (κ1) is 13.5. The number of aromatic amines is 1. The van der Waals surface area contributed by atoms with E-state index < -0.39 is 0 Å². The molecule has 1 amide bonds. The van der Waals surface area contributed by atoms with Crippen LogP contribution in [0.2, 0.25) is 0 Å². The molecule has 0 aliphatic carbocycles. The molecule has 0 aliphatic heterocycles. The number of amides is 1. The molecule has 0 atom stereocenters. The first-order chi connectivity index (χ1) is 10.3. The molecule has 106 valence electrons. The molecule has 5 nitrogen and oxygen atoms in total. The van der Waals surface area contributed by atoms with Crippen LogP contribution in [0, 0.1) is 0 Å². The number of hydrogen-bond acceptors (Lipinski definition) is 4. The maximum Gasteiger partial charge on any atom is 0.276 e. The van der Waals surface area contributed by atoms with Crippen molar-refractivity contribution in [2.24, 2.45) is 0 Å². The Labute approximate surface area is 125 Å². The van der Waals surface area contributed by atoms with E-state index in [4.69, 9.17) is 4.42 Å². The lowest BCUT2D eigenvalue weighted by molar-refractivity contribution is 0.102. The van der Waals surface area contributed by atoms with Crippen LogP contribution in [0.5, 0.6) is 0 Å². The second-order valence-electron chi connectivity index (χ2n) is 4.33. The first-order valence-corrected chi connectivity index (χ1v) is 7.53. The monoisotopic (exact) mass is 299 g/mol. The lowest BCUT2D eigenvalue weighted by Crippen LogP contribution is -2.12. The Balaban J connectivity index is 1.73. The predicted octanol–water partition coefficient (Wildman–Crippen LogP) is 3.64. The number of nitrogens with one attached hydrogen (secondary N) is 2. The summed E-state index contributed by atoms with van der Waals surface area (Å²) in [4.78, 5) is 13.3. The van der Waals surface area contributed by atoms with Crippen molar-refractivity contribution in [2.45, 2.75) is 4.90 Å². The fourth-order valence-corrected chi connectivity index (χ4v) is 2.27. The van der Waals surface area contributed by atoms with E-state index in [-0.39, 0.29) is 5.91 Å². The number of furan rings is 1. The molecule has 21 heavy (non-hydrogen) atoms. The normalized spacial score (nSPS) is 10.5. The molecule has 2 N–H and O–H groups in total. The van der Waals surface area contributed by atoms with Crippen molar-refractivity contribution in [1.29, 1.82) is 0 Å². The van der Waals surface area contributed by atoms with E-state index in [0.717, 1.165) is 10.6 Å². The topological polar surface area (TPSA) is 70.9 Å². The van der Waals surface area contributed by atoms with Gasteiger partial charge in [-0.15, -0.1) is 11.8 Å². The summed E-state index contributed by atoms with van der Waals surface area (Å²) in [7, 11) is 0. The minimum absolute atomic E-state index is 0.263. The lowest BCUT2D eigenvalue weighted by atomic mass is 10.2. The standard InChI is InChI=1S/C15H13N3O2S/c1-21-11-6-4-10(5-7-11)16-15(19)13-9-12(17-18-13)14-3-2-8-20-14/h2-9H,1H3,(H,16,19)(H,17,18). The van der Waals surface area contributed by atoms with Gasteiger partial charge in [0.05, 0.1) is 6.26 Å². The lowest BCUT2D eigenvalue weighted by Gasteiger charge is -2.03. The summed E-state index contributed by atoms with van der Waals surface area (Å²) in [5.74, 6) is 0.381. The zero-order chi connectivity index (χ0) is 14.7. The van der Waals surface area contributed by atoms with Crippen LogP contribution in [-0.2, 0) is 0 Å². The summed E-state index contributed by atoms with van der Waals surface area (Å²) < 4.78 is 5.25. The Kier molecular flexibility index (Phi) is 3.79.